The highest BCUT2D eigenvalue weighted by molar-refractivity contribution is 5.95. The van der Waals surface area contributed by atoms with Gasteiger partial charge in [-0.2, -0.15) is 0 Å². The molecule has 3 N–H and O–H groups in total. The van der Waals surface area contributed by atoms with Crippen LogP contribution in [0.3, 0.4) is 0 Å². The third kappa shape index (κ3) is 2.58. The number of carbonyl (C=O) groups excluding carboxylic acids is 1. The maximum absolute atomic E-state index is 12.3. The van der Waals surface area contributed by atoms with E-state index in [1.54, 1.807) is 32.4 Å². The molecule has 0 saturated heterocycles. The van der Waals surface area contributed by atoms with Crippen molar-refractivity contribution in [1.29, 1.82) is 0 Å². The average Bonchev–Trinajstić information content (AvgIpc) is 2.41. The van der Waals surface area contributed by atoms with E-state index in [0.717, 1.165) is 6.42 Å². The van der Waals surface area contributed by atoms with Crippen LogP contribution in [0, 0.1) is 5.41 Å². The van der Waals surface area contributed by atoms with E-state index in [0.29, 0.717) is 17.0 Å². The van der Waals surface area contributed by atoms with E-state index in [-0.39, 0.29) is 23.5 Å². The van der Waals surface area contributed by atoms with Crippen LogP contribution >= 0.6 is 0 Å². The van der Waals surface area contributed by atoms with Gasteiger partial charge in [-0.05, 0) is 18.6 Å². The van der Waals surface area contributed by atoms with Crippen LogP contribution in [0.2, 0.25) is 0 Å². The molecule has 2 unspecified atom stereocenters. The van der Waals surface area contributed by atoms with Crippen molar-refractivity contribution in [1.82, 2.24) is 5.32 Å². The number of methoxy groups -OCH3 is 2. The third-order valence-corrected chi connectivity index (χ3v) is 4.19. The van der Waals surface area contributed by atoms with Crippen molar-refractivity contribution in [2.24, 2.45) is 5.41 Å². The zero-order valence-electron chi connectivity index (χ0n) is 12.4. The molecule has 1 saturated carbocycles. The minimum atomic E-state index is -0.136. The van der Waals surface area contributed by atoms with Crippen LogP contribution in [0.4, 0.5) is 5.69 Å². The Bertz CT molecular complexity index is 514. The molecule has 0 radical (unpaired) electrons. The molecule has 0 aliphatic heterocycles. The van der Waals surface area contributed by atoms with Crippen LogP contribution in [0.1, 0.15) is 30.6 Å². The summed E-state index contributed by atoms with van der Waals surface area (Å²) in [6.45, 7) is 4.19. The molecule has 0 heterocycles. The summed E-state index contributed by atoms with van der Waals surface area (Å²) in [4.78, 5) is 12.3. The molecule has 1 fully saturated rings. The lowest BCUT2D eigenvalue weighted by Crippen LogP contribution is -2.61. The van der Waals surface area contributed by atoms with Crippen LogP contribution in [-0.4, -0.2) is 32.3 Å². The highest BCUT2D eigenvalue weighted by Gasteiger charge is 2.49. The van der Waals surface area contributed by atoms with Crippen molar-refractivity contribution in [3.05, 3.63) is 23.8 Å². The molecule has 1 aromatic rings. The number of rotatable bonds is 4. The molecule has 0 spiro atoms. The lowest BCUT2D eigenvalue weighted by Gasteiger charge is -2.51. The van der Waals surface area contributed by atoms with Crippen molar-refractivity contribution in [3.8, 4) is 5.75 Å². The number of anilines is 1. The summed E-state index contributed by atoms with van der Waals surface area (Å²) in [5.41, 5.74) is 6.73. The van der Waals surface area contributed by atoms with Gasteiger partial charge in [-0.1, -0.05) is 13.8 Å². The first-order valence-electron chi connectivity index (χ1n) is 6.66. The topological polar surface area (TPSA) is 73.6 Å². The fourth-order valence-electron chi connectivity index (χ4n) is 2.64. The van der Waals surface area contributed by atoms with Crippen LogP contribution in [-0.2, 0) is 4.74 Å². The van der Waals surface area contributed by atoms with E-state index >= 15 is 0 Å². The minimum absolute atomic E-state index is 0.0607. The van der Waals surface area contributed by atoms with Gasteiger partial charge in [-0.15, -0.1) is 0 Å². The second-order valence-electron chi connectivity index (χ2n) is 5.80. The smallest absolute Gasteiger partial charge is 0.251 e. The van der Waals surface area contributed by atoms with E-state index in [1.165, 1.54) is 0 Å². The summed E-state index contributed by atoms with van der Waals surface area (Å²) < 4.78 is 10.5. The van der Waals surface area contributed by atoms with Gasteiger partial charge in [0.05, 0.1) is 13.2 Å². The number of nitrogens with one attached hydrogen (secondary N) is 1. The van der Waals surface area contributed by atoms with Crippen LogP contribution in [0.25, 0.3) is 0 Å². The van der Waals surface area contributed by atoms with Crippen molar-refractivity contribution in [3.63, 3.8) is 0 Å². The van der Waals surface area contributed by atoms with Crippen LogP contribution < -0.4 is 15.8 Å². The average molecular weight is 278 g/mol. The van der Waals surface area contributed by atoms with Crippen LogP contribution in [0.15, 0.2) is 18.2 Å². The van der Waals surface area contributed by atoms with E-state index in [2.05, 4.69) is 19.2 Å². The predicted molar refractivity (Wildman–Crippen MR) is 77.9 cm³/mol. The van der Waals surface area contributed by atoms with Gasteiger partial charge in [-0.25, -0.2) is 0 Å². The second kappa shape index (κ2) is 5.32. The molecule has 0 aromatic heterocycles. The summed E-state index contributed by atoms with van der Waals surface area (Å²) in [5.74, 6) is 0.445. The SMILES string of the molecule is COc1cc(N)cc(C(=O)NC2CC(OC)C2(C)C)c1. The number of amides is 1. The number of hydrogen-bond acceptors (Lipinski definition) is 4. The second-order valence-corrected chi connectivity index (χ2v) is 5.80. The summed E-state index contributed by atoms with van der Waals surface area (Å²) in [7, 11) is 3.25. The molecule has 1 aliphatic rings. The Labute approximate surface area is 119 Å². The molecule has 1 aromatic carbocycles. The molecular formula is C15H22N2O3. The third-order valence-electron chi connectivity index (χ3n) is 4.19. The Morgan fingerprint density at radius 1 is 1.35 bits per heavy atom. The zero-order valence-corrected chi connectivity index (χ0v) is 12.4. The number of hydrogen-bond donors (Lipinski definition) is 2. The first-order chi connectivity index (χ1) is 9.38. The number of carbonyl (C=O) groups is 1. The zero-order chi connectivity index (χ0) is 14.9. The summed E-state index contributed by atoms with van der Waals surface area (Å²) in [6, 6.07) is 5.13. The summed E-state index contributed by atoms with van der Waals surface area (Å²) >= 11 is 0. The van der Waals surface area contributed by atoms with Crippen molar-refractivity contribution >= 4 is 11.6 Å². The summed E-state index contributed by atoms with van der Waals surface area (Å²) in [5, 5.41) is 3.04. The summed E-state index contributed by atoms with van der Waals surface area (Å²) in [6.07, 6.45) is 1.01. The van der Waals surface area contributed by atoms with Gasteiger partial charge in [0.1, 0.15) is 5.75 Å². The maximum Gasteiger partial charge on any atom is 0.251 e. The molecule has 1 aliphatic carbocycles. The van der Waals surface area contributed by atoms with Crippen LogP contribution in [0.5, 0.6) is 5.75 Å². The first-order valence-corrected chi connectivity index (χ1v) is 6.66. The Hall–Kier alpha value is -1.75. The Balaban J connectivity index is 2.08. The quantitative estimate of drug-likeness (QED) is 0.824. The lowest BCUT2D eigenvalue weighted by molar-refractivity contribution is -0.0942. The van der Waals surface area contributed by atoms with E-state index in [1.807, 2.05) is 0 Å². The molecule has 1 amide bonds. The van der Waals surface area contributed by atoms with Crippen molar-refractivity contribution < 1.29 is 14.3 Å². The largest absolute Gasteiger partial charge is 0.497 e. The maximum atomic E-state index is 12.3. The molecule has 20 heavy (non-hydrogen) atoms. The molecule has 110 valence electrons. The van der Waals surface area contributed by atoms with Gasteiger partial charge < -0.3 is 20.5 Å². The fourth-order valence-corrected chi connectivity index (χ4v) is 2.64. The Morgan fingerprint density at radius 2 is 2.05 bits per heavy atom. The van der Waals surface area contributed by atoms with Gasteiger partial charge in [0.25, 0.3) is 5.91 Å². The van der Waals surface area contributed by atoms with Crippen molar-refractivity contribution in [2.45, 2.75) is 32.4 Å². The van der Waals surface area contributed by atoms with Gasteiger partial charge in [0.15, 0.2) is 0 Å². The molecule has 2 rings (SSSR count). The molecule has 2 atom stereocenters. The van der Waals surface area contributed by atoms with Gasteiger partial charge in [-0.3, -0.25) is 4.79 Å². The molecule has 5 heteroatoms. The van der Waals surface area contributed by atoms with Gasteiger partial charge in [0, 0.05) is 35.9 Å². The van der Waals surface area contributed by atoms with E-state index < -0.39 is 0 Å². The standard InChI is InChI=1S/C15H22N2O3/c1-15(2)12(8-13(15)20-4)17-14(18)9-5-10(16)7-11(6-9)19-3/h5-7,12-13H,8,16H2,1-4H3,(H,17,18). The first kappa shape index (κ1) is 14.7. The number of nitrogen functional groups attached to an aromatic ring is 1. The molecule has 0 bridgehead atoms. The van der Waals surface area contributed by atoms with Gasteiger partial charge >= 0.3 is 0 Å². The number of nitrogens with two attached hydrogens (primary N) is 1. The Morgan fingerprint density at radius 3 is 2.60 bits per heavy atom. The number of benzene rings is 1. The van der Waals surface area contributed by atoms with Crippen molar-refractivity contribution in [2.75, 3.05) is 20.0 Å². The highest BCUT2D eigenvalue weighted by Crippen LogP contribution is 2.42. The normalized spacial score (nSPS) is 23.8. The predicted octanol–water partition coefficient (Wildman–Crippen LogP) is 1.82. The fraction of sp³-hybridized carbons (Fsp3) is 0.533. The lowest BCUT2D eigenvalue weighted by atomic mass is 9.64. The monoisotopic (exact) mass is 278 g/mol. The van der Waals surface area contributed by atoms with Gasteiger partial charge in [0.2, 0.25) is 0 Å². The number of ether oxygens (including phenoxy) is 2. The highest BCUT2D eigenvalue weighted by atomic mass is 16.5. The minimum Gasteiger partial charge on any atom is -0.497 e. The van der Waals surface area contributed by atoms with E-state index in [4.69, 9.17) is 15.2 Å². The molecule has 5 nitrogen and oxygen atoms in total. The van der Waals surface area contributed by atoms with E-state index in [9.17, 15) is 4.79 Å². The molecular weight excluding hydrogens is 256 g/mol. The Kier molecular flexibility index (Phi) is 3.90.